The van der Waals surface area contributed by atoms with Crippen LogP contribution in [0.15, 0.2) is 18.2 Å². The van der Waals surface area contributed by atoms with Crippen LogP contribution in [0.3, 0.4) is 0 Å². The molecule has 0 radical (unpaired) electrons. The predicted molar refractivity (Wildman–Crippen MR) is 81.1 cm³/mol. The standard InChI is InChI=1S/C15H19N5/c1-9-3-4-12(10(2)7-9)18-14-11-8-17-6-5-13(11)19-15(16)20-14/h3-4,7,17H,5-6,8H2,1-2H3,(H3,16,18,19,20). The van der Waals surface area contributed by atoms with E-state index >= 15 is 0 Å². The number of rotatable bonds is 2. The third-order valence-electron chi connectivity index (χ3n) is 3.59. The summed E-state index contributed by atoms with van der Waals surface area (Å²) >= 11 is 0. The van der Waals surface area contributed by atoms with Crippen LogP contribution in [0.25, 0.3) is 0 Å². The monoisotopic (exact) mass is 269 g/mol. The molecule has 4 N–H and O–H groups in total. The van der Waals surface area contributed by atoms with Gasteiger partial charge < -0.3 is 16.4 Å². The van der Waals surface area contributed by atoms with E-state index in [0.29, 0.717) is 5.95 Å². The molecule has 1 aliphatic rings. The Kier molecular flexibility index (Phi) is 3.28. The van der Waals surface area contributed by atoms with Crippen LogP contribution < -0.4 is 16.4 Å². The first kappa shape index (κ1) is 12.9. The maximum atomic E-state index is 5.82. The van der Waals surface area contributed by atoms with Crippen LogP contribution in [-0.4, -0.2) is 16.5 Å². The average molecular weight is 269 g/mol. The van der Waals surface area contributed by atoms with Crippen LogP contribution in [0.1, 0.15) is 22.4 Å². The molecule has 0 unspecified atom stereocenters. The van der Waals surface area contributed by atoms with Gasteiger partial charge in [-0.15, -0.1) is 0 Å². The molecule has 0 amide bonds. The molecule has 2 aromatic rings. The number of fused-ring (bicyclic) bond motifs is 1. The maximum absolute atomic E-state index is 5.82. The van der Waals surface area contributed by atoms with E-state index in [9.17, 15) is 0 Å². The molecule has 0 aliphatic carbocycles. The van der Waals surface area contributed by atoms with Crippen molar-refractivity contribution >= 4 is 17.5 Å². The summed E-state index contributed by atoms with van der Waals surface area (Å²) in [7, 11) is 0. The van der Waals surface area contributed by atoms with Gasteiger partial charge in [0, 0.05) is 30.8 Å². The van der Waals surface area contributed by atoms with E-state index in [-0.39, 0.29) is 0 Å². The topological polar surface area (TPSA) is 75.9 Å². The van der Waals surface area contributed by atoms with Crippen molar-refractivity contribution in [2.75, 3.05) is 17.6 Å². The molecule has 0 spiro atoms. The fraction of sp³-hybridized carbons (Fsp3) is 0.333. The molecule has 3 rings (SSSR count). The molecule has 1 aromatic heterocycles. The summed E-state index contributed by atoms with van der Waals surface area (Å²) in [5.74, 6) is 1.14. The molecule has 5 nitrogen and oxygen atoms in total. The number of hydrogen-bond donors (Lipinski definition) is 3. The Labute approximate surface area is 118 Å². The van der Waals surface area contributed by atoms with Crippen molar-refractivity contribution in [3.63, 3.8) is 0 Å². The van der Waals surface area contributed by atoms with Gasteiger partial charge in [0.1, 0.15) is 5.82 Å². The molecule has 0 saturated carbocycles. The lowest BCUT2D eigenvalue weighted by atomic mass is 10.1. The van der Waals surface area contributed by atoms with Crippen LogP contribution in [0.4, 0.5) is 17.5 Å². The van der Waals surface area contributed by atoms with E-state index < -0.39 is 0 Å². The number of benzene rings is 1. The lowest BCUT2D eigenvalue weighted by Crippen LogP contribution is -2.26. The van der Waals surface area contributed by atoms with Gasteiger partial charge in [0.05, 0.1) is 5.69 Å². The first-order valence-corrected chi connectivity index (χ1v) is 6.84. The Bertz CT molecular complexity index is 651. The summed E-state index contributed by atoms with van der Waals surface area (Å²) in [6.07, 6.45) is 0.892. The third-order valence-corrected chi connectivity index (χ3v) is 3.59. The molecule has 1 aliphatic heterocycles. The highest BCUT2D eigenvalue weighted by Crippen LogP contribution is 2.26. The van der Waals surface area contributed by atoms with Crippen LogP contribution in [0.5, 0.6) is 0 Å². The fourth-order valence-electron chi connectivity index (χ4n) is 2.55. The second kappa shape index (κ2) is 5.09. The number of nitrogen functional groups attached to an aromatic ring is 1. The Balaban J connectivity index is 2.00. The third kappa shape index (κ3) is 2.44. The largest absolute Gasteiger partial charge is 0.368 e. The number of hydrogen-bond acceptors (Lipinski definition) is 5. The van der Waals surface area contributed by atoms with E-state index in [4.69, 9.17) is 5.73 Å². The molecular formula is C15H19N5. The van der Waals surface area contributed by atoms with Gasteiger partial charge in [-0.2, -0.15) is 4.98 Å². The Morgan fingerprint density at radius 2 is 2.10 bits per heavy atom. The van der Waals surface area contributed by atoms with Gasteiger partial charge in [0.2, 0.25) is 5.95 Å². The van der Waals surface area contributed by atoms with Crippen LogP contribution >= 0.6 is 0 Å². The molecular weight excluding hydrogens is 250 g/mol. The summed E-state index contributed by atoms with van der Waals surface area (Å²) in [5, 5.41) is 6.75. The fourth-order valence-corrected chi connectivity index (χ4v) is 2.55. The van der Waals surface area contributed by atoms with Crippen molar-refractivity contribution in [3.05, 3.63) is 40.6 Å². The highest BCUT2D eigenvalue weighted by Gasteiger charge is 2.17. The number of nitrogens with zero attached hydrogens (tertiary/aromatic N) is 2. The van der Waals surface area contributed by atoms with Crippen LogP contribution in [0.2, 0.25) is 0 Å². The summed E-state index contributed by atoms with van der Waals surface area (Å²) in [5.41, 5.74) is 11.5. The Hall–Kier alpha value is -2.14. The summed E-state index contributed by atoms with van der Waals surface area (Å²) in [4.78, 5) is 8.70. The summed E-state index contributed by atoms with van der Waals surface area (Å²) in [6, 6.07) is 6.31. The van der Waals surface area contributed by atoms with Crippen molar-refractivity contribution < 1.29 is 0 Å². The smallest absolute Gasteiger partial charge is 0.222 e. The molecule has 0 saturated heterocycles. The number of nitrogens with one attached hydrogen (secondary N) is 2. The zero-order chi connectivity index (χ0) is 14.1. The Morgan fingerprint density at radius 3 is 2.90 bits per heavy atom. The lowest BCUT2D eigenvalue weighted by molar-refractivity contribution is 0.629. The van der Waals surface area contributed by atoms with Gasteiger partial charge in [-0.05, 0) is 25.5 Å². The molecule has 20 heavy (non-hydrogen) atoms. The molecule has 0 fully saturated rings. The van der Waals surface area contributed by atoms with Gasteiger partial charge in [0.15, 0.2) is 0 Å². The van der Waals surface area contributed by atoms with Crippen LogP contribution in [-0.2, 0) is 13.0 Å². The van der Waals surface area contributed by atoms with Gasteiger partial charge >= 0.3 is 0 Å². The van der Waals surface area contributed by atoms with E-state index in [2.05, 4.69) is 52.6 Å². The zero-order valence-corrected chi connectivity index (χ0v) is 11.8. The van der Waals surface area contributed by atoms with Crippen molar-refractivity contribution in [3.8, 4) is 0 Å². The van der Waals surface area contributed by atoms with E-state index in [1.54, 1.807) is 0 Å². The predicted octanol–water partition coefficient (Wildman–Crippen LogP) is 2.06. The van der Waals surface area contributed by atoms with Crippen LogP contribution in [0, 0.1) is 13.8 Å². The van der Waals surface area contributed by atoms with E-state index in [0.717, 1.165) is 42.3 Å². The highest BCUT2D eigenvalue weighted by molar-refractivity contribution is 5.65. The first-order valence-electron chi connectivity index (χ1n) is 6.84. The van der Waals surface area contributed by atoms with Gasteiger partial charge in [-0.3, -0.25) is 0 Å². The lowest BCUT2D eigenvalue weighted by Gasteiger charge is -2.20. The van der Waals surface area contributed by atoms with Gasteiger partial charge in [0.25, 0.3) is 0 Å². The molecule has 0 atom stereocenters. The number of anilines is 3. The van der Waals surface area contributed by atoms with Crippen molar-refractivity contribution in [1.29, 1.82) is 0 Å². The van der Waals surface area contributed by atoms with Crippen molar-refractivity contribution in [2.45, 2.75) is 26.8 Å². The maximum Gasteiger partial charge on any atom is 0.222 e. The highest BCUT2D eigenvalue weighted by atomic mass is 15.1. The Morgan fingerprint density at radius 1 is 1.25 bits per heavy atom. The minimum absolute atomic E-state index is 0.331. The quantitative estimate of drug-likeness (QED) is 0.778. The number of nitrogens with two attached hydrogens (primary N) is 1. The first-order chi connectivity index (χ1) is 9.63. The summed E-state index contributed by atoms with van der Waals surface area (Å²) < 4.78 is 0. The molecule has 104 valence electrons. The van der Waals surface area contributed by atoms with Crippen molar-refractivity contribution in [2.24, 2.45) is 0 Å². The van der Waals surface area contributed by atoms with Gasteiger partial charge in [-0.25, -0.2) is 4.98 Å². The average Bonchev–Trinajstić information content (AvgIpc) is 2.41. The molecule has 2 heterocycles. The molecule has 0 bridgehead atoms. The van der Waals surface area contributed by atoms with Crippen molar-refractivity contribution in [1.82, 2.24) is 15.3 Å². The summed E-state index contributed by atoms with van der Waals surface area (Å²) in [6.45, 7) is 5.89. The van der Waals surface area contributed by atoms with E-state index in [1.165, 1.54) is 11.1 Å². The van der Waals surface area contributed by atoms with E-state index in [1.807, 2.05) is 0 Å². The molecule has 1 aromatic carbocycles. The minimum atomic E-state index is 0.331. The minimum Gasteiger partial charge on any atom is -0.368 e. The number of aromatic nitrogens is 2. The SMILES string of the molecule is Cc1ccc(Nc2nc(N)nc3c2CNCC3)c(C)c1. The normalized spacial score (nSPS) is 13.9. The van der Waals surface area contributed by atoms with Gasteiger partial charge in [-0.1, -0.05) is 17.7 Å². The zero-order valence-electron chi connectivity index (χ0n) is 11.8. The number of aryl methyl sites for hydroxylation is 2. The second-order valence-electron chi connectivity index (χ2n) is 5.23. The molecule has 5 heteroatoms. The second-order valence-corrected chi connectivity index (χ2v) is 5.23.